The van der Waals surface area contributed by atoms with Crippen molar-refractivity contribution in [2.24, 2.45) is 0 Å². The lowest BCUT2D eigenvalue weighted by atomic mass is 10.1. The van der Waals surface area contributed by atoms with E-state index in [-0.39, 0.29) is 12.4 Å². The molecule has 1 fully saturated rings. The molecule has 0 bridgehead atoms. The van der Waals surface area contributed by atoms with Gasteiger partial charge >= 0.3 is 0 Å². The highest BCUT2D eigenvalue weighted by Gasteiger charge is 2.21. The van der Waals surface area contributed by atoms with Crippen molar-refractivity contribution in [1.82, 2.24) is 15.2 Å². The van der Waals surface area contributed by atoms with Crippen molar-refractivity contribution < 1.29 is 0 Å². The highest BCUT2D eigenvalue weighted by molar-refractivity contribution is 9.10. The predicted molar refractivity (Wildman–Crippen MR) is 67.3 cm³/mol. The molecule has 1 saturated heterocycles. The first-order valence-corrected chi connectivity index (χ1v) is 5.56. The van der Waals surface area contributed by atoms with E-state index in [1.807, 2.05) is 12.3 Å². The Morgan fingerprint density at radius 3 is 2.73 bits per heavy atom. The molecule has 0 unspecified atom stereocenters. The third-order valence-corrected chi connectivity index (χ3v) is 3.05. The SMILES string of the molecule is CN(Cc1ccc(Br)cn1)C1CNC1.Cl. The normalized spacial score (nSPS) is 15.9. The number of likely N-dealkylation sites (N-methyl/N-ethyl adjacent to an activating group) is 1. The van der Waals surface area contributed by atoms with Crippen molar-refractivity contribution in [3.05, 3.63) is 28.5 Å². The van der Waals surface area contributed by atoms with Gasteiger partial charge in [0.25, 0.3) is 0 Å². The maximum Gasteiger partial charge on any atom is 0.0544 e. The van der Waals surface area contributed by atoms with Gasteiger partial charge in [-0.2, -0.15) is 0 Å². The fraction of sp³-hybridized carbons (Fsp3) is 0.500. The van der Waals surface area contributed by atoms with Crippen LogP contribution in [0.3, 0.4) is 0 Å². The molecule has 0 aliphatic carbocycles. The van der Waals surface area contributed by atoms with Crippen LogP contribution < -0.4 is 5.32 Å². The minimum Gasteiger partial charge on any atom is -0.314 e. The number of rotatable bonds is 3. The van der Waals surface area contributed by atoms with Crippen molar-refractivity contribution in [1.29, 1.82) is 0 Å². The molecule has 0 aromatic carbocycles. The van der Waals surface area contributed by atoms with Crippen molar-refractivity contribution in [3.8, 4) is 0 Å². The molecular formula is C10H15BrClN3. The van der Waals surface area contributed by atoms with Gasteiger partial charge in [0, 0.05) is 36.3 Å². The fourth-order valence-corrected chi connectivity index (χ4v) is 1.70. The first-order chi connectivity index (χ1) is 6.75. The molecule has 2 rings (SSSR count). The molecule has 5 heteroatoms. The van der Waals surface area contributed by atoms with Crippen LogP contribution in [0.4, 0.5) is 0 Å². The molecule has 0 saturated carbocycles. The second-order valence-corrected chi connectivity index (χ2v) is 4.61. The van der Waals surface area contributed by atoms with E-state index in [1.165, 1.54) is 0 Å². The average molecular weight is 293 g/mol. The van der Waals surface area contributed by atoms with Crippen molar-refractivity contribution in [3.63, 3.8) is 0 Å². The lowest BCUT2D eigenvalue weighted by Crippen LogP contribution is -2.55. The average Bonchev–Trinajstić information content (AvgIpc) is 2.06. The molecule has 2 heterocycles. The van der Waals surface area contributed by atoms with E-state index < -0.39 is 0 Å². The third-order valence-electron chi connectivity index (χ3n) is 2.58. The Kier molecular flexibility index (Phi) is 4.99. The lowest BCUT2D eigenvalue weighted by molar-refractivity contribution is 0.171. The molecule has 0 amide bonds. The number of halogens is 2. The van der Waals surface area contributed by atoms with Crippen LogP contribution in [0.2, 0.25) is 0 Å². The maximum absolute atomic E-state index is 4.35. The number of pyridine rings is 1. The van der Waals surface area contributed by atoms with E-state index in [2.05, 4.69) is 44.2 Å². The van der Waals surface area contributed by atoms with Gasteiger partial charge in [-0.05, 0) is 35.1 Å². The van der Waals surface area contributed by atoms with Gasteiger partial charge in [-0.3, -0.25) is 9.88 Å². The number of nitrogens with one attached hydrogen (secondary N) is 1. The van der Waals surface area contributed by atoms with Crippen LogP contribution >= 0.6 is 28.3 Å². The molecule has 1 aliphatic heterocycles. The number of hydrogen-bond donors (Lipinski definition) is 1. The minimum atomic E-state index is 0. The molecule has 84 valence electrons. The second kappa shape index (κ2) is 5.80. The van der Waals surface area contributed by atoms with E-state index in [0.717, 1.165) is 29.8 Å². The minimum absolute atomic E-state index is 0. The largest absolute Gasteiger partial charge is 0.314 e. The summed E-state index contributed by atoms with van der Waals surface area (Å²) in [5, 5.41) is 3.27. The number of nitrogens with zero attached hydrogens (tertiary/aromatic N) is 2. The summed E-state index contributed by atoms with van der Waals surface area (Å²) in [5.74, 6) is 0. The Hall–Kier alpha value is -0.160. The van der Waals surface area contributed by atoms with Crippen molar-refractivity contribution in [2.75, 3.05) is 20.1 Å². The molecule has 0 radical (unpaired) electrons. The van der Waals surface area contributed by atoms with Crippen LogP contribution in [-0.2, 0) is 6.54 Å². The van der Waals surface area contributed by atoms with Crippen LogP contribution in [0.5, 0.6) is 0 Å². The van der Waals surface area contributed by atoms with Gasteiger partial charge < -0.3 is 5.32 Å². The summed E-state index contributed by atoms with van der Waals surface area (Å²) in [4.78, 5) is 6.69. The molecule has 1 aromatic heterocycles. The van der Waals surface area contributed by atoms with E-state index >= 15 is 0 Å². The van der Waals surface area contributed by atoms with E-state index in [0.29, 0.717) is 6.04 Å². The zero-order valence-corrected chi connectivity index (χ0v) is 11.0. The molecule has 15 heavy (non-hydrogen) atoms. The summed E-state index contributed by atoms with van der Waals surface area (Å²) < 4.78 is 1.04. The maximum atomic E-state index is 4.35. The smallest absolute Gasteiger partial charge is 0.0544 e. The Balaban J connectivity index is 0.00000112. The molecule has 1 aliphatic rings. The summed E-state index contributed by atoms with van der Waals surface area (Å²) >= 11 is 3.38. The van der Waals surface area contributed by atoms with Crippen molar-refractivity contribution >= 4 is 28.3 Å². The standard InChI is InChI=1S/C10H14BrN3.ClH/c1-14(10-5-12-6-10)7-9-3-2-8(11)4-13-9;/h2-4,10,12H,5-7H2,1H3;1H. The van der Waals surface area contributed by atoms with Gasteiger partial charge in [0.1, 0.15) is 0 Å². The molecule has 0 atom stereocenters. The first-order valence-electron chi connectivity index (χ1n) is 4.77. The summed E-state index contributed by atoms with van der Waals surface area (Å²) in [6.07, 6.45) is 1.85. The Bertz CT molecular complexity index is 300. The summed E-state index contributed by atoms with van der Waals surface area (Å²) in [6.45, 7) is 3.14. The first kappa shape index (κ1) is 12.9. The van der Waals surface area contributed by atoms with Crippen LogP contribution in [0.1, 0.15) is 5.69 Å². The zero-order valence-electron chi connectivity index (χ0n) is 8.61. The van der Waals surface area contributed by atoms with Crippen LogP contribution in [-0.4, -0.2) is 36.1 Å². The second-order valence-electron chi connectivity index (χ2n) is 3.69. The number of aromatic nitrogens is 1. The summed E-state index contributed by atoms with van der Waals surface area (Å²) in [5.41, 5.74) is 1.13. The molecule has 1 aromatic rings. The Morgan fingerprint density at radius 1 is 1.53 bits per heavy atom. The van der Waals surface area contributed by atoms with Crippen molar-refractivity contribution in [2.45, 2.75) is 12.6 Å². The van der Waals surface area contributed by atoms with Gasteiger partial charge in [0.15, 0.2) is 0 Å². The van der Waals surface area contributed by atoms with Gasteiger partial charge in [-0.15, -0.1) is 12.4 Å². The third kappa shape index (κ3) is 3.41. The highest BCUT2D eigenvalue weighted by atomic mass is 79.9. The van der Waals surface area contributed by atoms with Gasteiger partial charge in [0.2, 0.25) is 0 Å². The zero-order chi connectivity index (χ0) is 9.97. The van der Waals surface area contributed by atoms with E-state index in [9.17, 15) is 0 Å². The van der Waals surface area contributed by atoms with E-state index in [4.69, 9.17) is 0 Å². The van der Waals surface area contributed by atoms with Gasteiger partial charge in [-0.1, -0.05) is 0 Å². The Labute approximate surface area is 105 Å². The summed E-state index contributed by atoms with van der Waals surface area (Å²) in [6, 6.07) is 4.78. The molecule has 0 spiro atoms. The van der Waals surface area contributed by atoms with Gasteiger partial charge in [0.05, 0.1) is 5.69 Å². The number of hydrogen-bond acceptors (Lipinski definition) is 3. The quantitative estimate of drug-likeness (QED) is 0.918. The molecular weight excluding hydrogens is 277 g/mol. The van der Waals surface area contributed by atoms with Gasteiger partial charge in [-0.25, -0.2) is 0 Å². The lowest BCUT2D eigenvalue weighted by Gasteiger charge is -2.35. The predicted octanol–water partition coefficient (Wildman–Crippen LogP) is 1.67. The van der Waals surface area contributed by atoms with Crippen LogP contribution in [0, 0.1) is 0 Å². The summed E-state index contributed by atoms with van der Waals surface area (Å²) in [7, 11) is 2.15. The Morgan fingerprint density at radius 2 is 2.27 bits per heavy atom. The molecule has 1 N–H and O–H groups in total. The topological polar surface area (TPSA) is 28.2 Å². The van der Waals surface area contributed by atoms with Crippen LogP contribution in [0.25, 0.3) is 0 Å². The monoisotopic (exact) mass is 291 g/mol. The molecule has 3 nitrogen and oxygen atoms in total. The highest BCUT2D eigenvalue weighted by Crippen LogP contribution is 2.10. The van der Waals surface area contributed by atoms with E-state index in [1.54, 1.807) is 0 Å². The van der Waals surface area contributed by atoms with Crippen LogP contribution in [0.15, 0.2) is 22.8 Å². The fourth-order valence-electron chi connectivity index (χ4n) is 1.47.